The molecule has 1 aliphatic rings. The van der Waals surface area contributed by atoms with Gasteiger partial charge < -0.3 is 14.6 Å². The lowest BCUT2D eigenvalue weighted by Gasteiger charge is -2.33. The van der Waals surface area contributed by atoms with Crippen molar-refractivity contribution < 1.29 is 14.3 Å². The SMILES string of the molecule is CC(C)(C)OC(=O)N1CCC(CSC(=O)c2cc3cc(Cl)ncc3[nH]2)CC1. The fraction of sp³-hybridized carbons (Fsp3) is 0.526. The number of fused-ring (bicyclic) bond motifs is 1. The first kappa shape index (κ1) is 20.0. The molecular formula is C19H24ClN3O3S. The summed E-state index contributed by atoms with van der Waals surface area (Å²) in [4.78, 5) is 33.4. The second-order valence-corrected chi connectivity index (χ2v) is 9.17. The summed E-state index contributed by atoms with van der Waals surface area (Å²) >= 11 is 7.20. The maximum absolute atomic E-state index is 12.5. The molecule has 6 nitrogen and oxygen atoms in total. The van der Waals surface area contributed by atoms with E-state index in [-0.39, 0.29) is 11.2 Å². The lowest BCUT2D eigenvalue weighted by Crippen LogP contribution is -2.42. The molecule has 0 atom stereocenters. The zero-order chi connectivity index (χ0) is 19.6. The molecular weight excluding hydrogens is 386 g/mol. The van der Waals surface area contributed by atoms with Gasteiger partial charge in [-0.15, -0.1) is 0 Å². The van der Waals surface area contributed by atoms with Crippen molar-refractivity contribution in [2.24, 2.45) is 5.92 Å². The van der Waals surface area contributed by atoms with Crippen LogP contribution in [-0.4, -0.2) is 50.5 Å². The quantitative estimate of drug-likeness (QED) is 0.741. The van der Waals surface area contributed by atoms with Crippen LogP contribution in [0, 0.1) is 5.92 Å². The number of hydrogen-bond donors (Lipinski definition) is 1. The van der Waals surface area contributed by atoms with Crippen LogP contribution in [0.25, 0.3) is 10.9 Å². The highest BCUT2D eigenvalue weighted by atomic mass is 35.5. The number of ether oxygens (including phenoxy) is 1. The first-order valence-electron chi connectivity index (χ1n) is 9.00. The molecule has 2 aromatic heterocycles. The van der Waals surface area contributed by atoms with Gasteiger partial charge in [0.1, 0.15) is 10.8 Å². The first-order valence-corrected chi connectivity index (χ1v) is 10.4. The second-order valence-electron chi connectivity index (χ2n) is 7.79. The molecule has 1 aliphatic heterocycles. The molecule has 1 N–H and O–H groups in total. The van der Waals surface area contributed by atoms with Crippen LogP contribution in [0.1, 0.15) is 44.1 Å². The summed E-state index contributed by atoms with van der Waals surface area (Å²) < 4.78 is 5.41. The predicted octanol–water partition coefficient (Wildman–Crippen LogP) is 4.74. The molecule has 0 aromatic carbocycles. The maximum Gasteiger partial charge on any atom is 0.410 e. The molecule has 0 unspecified atom stereocenters. The van der Waals surface area contributed by atoms with E-state index in [0.717, 1.165) is 29.5 Å². The van der Waals surface area contributed by atoms with E-state index in [4.69, 9.17) is 16.3 Å². The number of nitrogens with one attached hydrogen (secondary N) is 1. The van der Waals surface area contributed by atoms with Crippen LogP contribution in [0.4, 0.5) is 4.79 Å². The summed E-state index contributed by atoms with van der Waals surface area (Å²) in [5.74, 6) is 1.16. The Morgan fingerprint density at radius 1 is 1.33 bits per heavy atom. The summed E-state index contributed by atoms with van der Waals surface area (Å²) in [5, 5.41) is 1.30. The molecule has 3 heterocycles. The van der Waals surface area contributed by atoms with E-state index >= 15 is 0 Å². The minimum absolute atomic E-state index is 0.0110. The number of carbonyl (C=O) groups is 2. The largest absolute Gasteiger partial charge is 0.444 e. The fourth-order valence-electron chi connectivity index (χ4n) is 2.99. The van der Waals surface area contributed by atoms with Crippen LogP contribution in [0.15, 0.2) is 18.3 Å². The monoisotopic (exact) mass is 409 g/mol. The van der Waals surface area contributed by atoms with E-state index in [0.29, 0.717) is 29.9 Å². The number of halogens is 1. The number of rotatable bonds is 3. The number of amides is 1. The van der Waals surface area contributed by atoms with Crippen molar-refractivity contribution in [1.29, 1.82) is 0 Å². The standard InChI is InChI=1S/C19H24ClN3O3S/c1-19(2,3)26-18(25)23-6-4-12(5-7-23)11-27-17(24)14-8-13-9-16(20)21-10-15(13)22-14/h8-10,12,22H,4-7,11H2,1-3H3. The van der Waals surface area contributed by atoms with Gasteiger partial charge in [0.05, 0.1) is 17.4 Å². The van der Waals surface area contributed by atoms with Gasteiger partial charge in [-0.25, -0.2) is 9.78 Å². The van der Waals surface area contributed by atoms with E-state index < -0.39 is 5.60 Å². The summed E-state index contributed by atoms with van der Waals surface area (Å²) in [6.45, 7) is 6.95. The molecule has 146 valence electrons. The third kappa shape index (κ3) is 5.39. The number of aromatic amines is 1. The number of H-pyrrole nitrogens is 1. The Kier molecular flexibility index (Phi) is 6.01. The minimum Gasteiger partial charge on any atom is -0.444 e. The zero-order valence-electron chi connectivity index (χ0n) is 15.8. The fourth-order valence-corrected chi connectivity index (χ4v) is 4.15. The van der Waals surface area contributed by atoms with Crippen molar-refractivity contribution in [2.75, 3.05) is 18.8 Å². The Morgan fingerprint density at radius 2 is 2.04 bits per heavy atom. The van der Waals surface area contributed by atoms with Crippen molar-refractivity contribution in [2.45, 2.75) is 39.2 Å². The molecule has 3 rings (SSSR count). The lowest BCUT2D eigenvalue weighted by molar-refractivity contribution is 0.0191. The molecule has 8 heteroatoms. The van der Waals surface area contributed by atoms with Gasteiger partial charge in [0.25, 0.3) is 0 Å². The van der Waals surface area contributed by atoms with Crippen molar-refractivity contribution in [3.63, 3.8) is 0 Å². The Balaban J connectivity index is 1.48. The third-order valence-corrected chi connectivity index (χ3v) is 5.73. The molecule has 0 saturated carbocycles. The number of thioether (sulfide) groups is 1. The Bertz CT molecular complexity index is 838. The van der Waals surface area contributed by atoms with Crippen molar-refractivity contribution in [3.05, 3.63) is 29.2 Å². The van der Waals surface area contributed by atoms with Gasteiger partial charge in [0.15, 0.2) is 0 Å². The maximum atomic E-state index is 12.5. The minimum atomic E-state index is -0.477. The molecule has 0 spiro atoms. The van der Waals surface area contributed by atoms with Crippen LogP contribution >= 0.6 is 23.4 Å². The van der Waals surface area contributed by atoms with Gasteiger partial charge in [-0.1, -0.05) is 23.4 Å². The normalized spacial score (nSPS) is 15.9. The van der Waals surface area contributed by atoms with Crippen molar-refractivity contribution >= 4 is 45.5 Å². The molecule has 1 amide bonds. The molecule has 27 heavy (non-hydrogen) atoms. The van der Waals surface area contributed by atoms with Gasteiger partial charge in [-0.3, -0.25) is 4.79 Å². The predicted molar refractivity (Wildman–Crippen MR) is 108 cm³/mol. The Morgan fingerprint density at radius 3 is 2.70 bits per heavy atom. The number of carbonyl (C=O) groups excluding carboxylic acids is 2. The average Bonchev–Trinajstić information content (AvgIpc) is 3.01. The number of aromatic nitrogens is 2. The van der Waals surface area contributed by atoms with Crippen LogP contribution in [0.3, 0.4) is 0 Å². The van der Waals surface area contributed by atoms with Gasteiger partial charge >= 0.3 is 6.09 Å². The third-order valence-electron chi connectivity index (χ3n) is 4.41. The van der Waals surface area contributed by atoms with Crippen LogP contribution in [0.2, 0.25) is 5.15 Å². The lowest BCUT2D eigenvalue weighted by atomic mass is 9.99. The van der Waals surface area contributed by atoms with E-state index in [2.05, 4.69) is 9.97 Å². The van der Waals surface area contributed by atoms with Gasteiger partial charge in [0.2, 0.25) is 5.12 Å². The first-order chi connectivity index (χ1) is 12.7. The molecule has 1 saturated heterocycles. The number of nitrogens with zero attached hydrogens (tertiary/aromatic N) is 2. The van der Waals surface area contributed by atoms with Crippen molar-refractivity contribution in [3.8, 4) is 0 Å². The Hall–Kier alpha value is -1.73. The van der Waals surface area contributed by atoms with Gasteiger partial charge in [-0.2, -0.15) is 0 Å². The highest BCUT2D eigenvalue weighted by molar-refractivity contribution is 8.14. The summed E-state index contributed by atoms with van der Waals surface area (Å²) in [7, 11) is 0. The van der Waals surface area contributed by atoms with Gasteiger partial charge in [-0.05, 0) is 51.7 Å². The van der Waals surface area contributed by atoms with E-state index in [1.54, 1.807) is 17.2 Å². The number of hydrogen-bond acceptors (Lipinski definition) is 5. The van der Waals surface area contributed by atoms with Gasteiger partial charge in [0, 0.05) is 24.2 Å². The number of piperidine rings is 1. The molecule has 2 aromatic rings. The summed E-state index contributed by atoms with van der Waals surface area (Å²) in [6, 6.07) is 3.55. The van der Waals surface area contributed by atoms with E-state index in [1.165, 1.54) is 11.8 Å². The topological polar surface area (TPSA) is 75.3 Å². The van der Waals surface area contributed by atoms with E-state index in [9.17, 15) is 9.59 Å². The highest BCUT2D eigenvalue weighted by Gasteiger charge is 2.27. The number of likely N-dealkylation sites (tertiary alicyclic amines) is 1. The summed E-state index contributed by atoms with van der Waals surface area (Å²) in [6.07, 6.45) is 3.14. The average molecular weight is 410 g/mol. The van der Waals surface area contributed by atoms with Crippen LogP contribution < -0.4 is 0 Å². The smallest absolute Gasteiger partial charge is 0.410 e. The zero-order valence-corrected chi connectivity index (χ0v) is 17.3. The summed E-state index contributed by atoms with van der Waals surface area (Å²) in [5.41, 5.74) is 0.884. The Labute approximate surface area is 168 Å². The van der Waals surface area contributed by atoms with Crippen LogP contribution in [-0.2, 0) is 4.74 Å². The van der Waals surface area contributed by atoms with Crippen LogP contribution in [0.5, 0.6) is 0 Å². The van der Waals surface area contributed by atoms with E-state index in [1.807, 2.05) is 26.8 Å². The van der Waals surface area contributed by atoms with Crippen molar-refractivity contribution in [1.82, 2.24) is 14.9 Å². The molecule has 1 fully saturated rings. The highest BCUT2D eigenvalue weighted by Crippen LogP contribution is 2.26. The molecule has 0 radical (unpaired) electrons. The molecule has 0 aliphatic carbocycles. The molecule has 0 bridgehead atoms. The number of pyridine rings is 1. The second kappa shape index (κ2) is 8.10.